The van der Waals surface area contributed by atoms with Gasteiger partial charge in [-0.15, -0.1) is 0 Å². The quantitative estimate of drug-likeness (QED) is 0.478. The topological polar surface area (TPSA) is 104 Å². The molecule has 1 aromatic carbocycles. The molecule has 0 aliphatic carbocycles. The van der Waals surface area contributed by atoms with E-state index in [1.54, 1.807) is 11.9 Å². The van der Waals surface area contributed by atoms with E-state index < -0.39 is 14.9 Å². The van der Waals surface area contributed by atoms with E-state index in [2.05, 4.69) is 0 Å². The fourth-order valence-electron chi connectivity index (χ4n) is 3.35. The van der Waals surface area contributed by atoms with Crippen LogP contribution in [0.3, 0.4) is 0 Å². The Balaban J connectivity index is 2.32. The molecule has 1 aromatic rings. The van der Waals surface area contributed by atoms with Crippen molar-refractivity contribution in [3.05, 3.63) is 28.3 Å². The van der Waals surface area contributed by atoms with Crippen LogP contribution in [0.15, 0.2) is 23.1 Å². The van der Waals surface area contributed by atoms with Crippen molar-refractivity contribution in [3.63, 3.8) is 0 Å². The molecule has 1 aliphatic rings. The second kappa shape index (κ2) is 9.33. The predicted molar refractivity (Wildman–Crippen MR) is 107 cm³/mol. The summed E-state index contributed by atoms with van der Waals surface area (Å²) in [6.07, 6.45) is 2.56. The van der Waals surface area contributed by atoms with Gasteiger partial charge in [0.2, 0.25) is 15.9 Å². The fraction of sp³-hybridized carbons (Fsp3) is 0.611. The van der Waals surface area contributed by atoms with Crippen molar-refractivity contribution in [2.75, 3.05) is 44.7 Å². The fourth-order valence-corrected chi connectivity index (χ4v) is 4.89. The Morgan fingerprint density at radius 1 is 1.18 bits per heavy atom. The monoisotopic (exact) mass is 412 g/mol. The molecule has 1 heterocycles. The summed E-state index contributed by atoms with van der Waals surface area (Å²) in [5.74, 6) is -0.146. The van der Waals surface area contributed by atoms with Crippen molar-refractivity contribution < 1.29 is 18.1 Å². The van der Waals surface area contributed by atoms with Crippen LogP contribution in [0.1, 0.15) is 33.1 Å². The minimum atomic E-state index is -3.77. The van der Waals surface area contributed by atoms with E-state index in [-0.39, 0.29) is 28.7 Å². The van der Waals surface area contributed by atoms with Gasteiger partial charge in [0.1, 0.15) is 5.69 Å². The highest BCUT2D eigenvalue weighted by Gasteiger charge is 2.29. The molecule has 156 valence electrons. The molecule has 1 fully saturated rings. The number of nitro benzene ring substituents is 1. The number of anilines is 1. The van der Waals surface area contributed by atoms with Crippen LogP contribution in [0.4, 0.5) is 11.4 Å². The Morgan fingerprint density at radius 3 is 2.32 bits per heavy atom. The SMILES string of the molecule is CCN(CC)C(=O)CN(C)c1ccc(S(=O)(=O)N2CCCCC2)cc1[N+](=O)[O-]. The zero-order chi connectivity index (χ0) is 20.9. The van der Waals surface area contributed by atoms with Crippen molar-refractivity contribution in [1.82, 2.24) is 9.21 Å². The molecule has 0 atom stereocenters. The molecular formula is C18H28N4O5S. The van der Waals surface area contributed by atoms with Gasteiger partial charge in [0.15, 0.2) is 0 Å². The number of hydrogen-bond donors (Lipinski definition) is 0. The van der Waals surface area contributed by atoms with Crippen LogP contribution < -0.4 is 4.90 Å². The first kappa shape index (κ1) is 22.1. The Kier molecular flexibility index (Phi) is 7.36. The molecule has 2 rings (SSSR count). The van der Waals surface area contributed by atoms with Crippen LogP contribution in [0.2, 0.25) is 0 Å². The maximum atomic E-state index is 12.8. The summed E-state index contributed by atoms with van der Waals surface area (Å²) >= 11 is 0. The first-order chi connectivity index (χ1) is 13.2. The molecular weight excluding hydrogens is 384 g/mol. The number of likely N-dealkylation sites (N-methyl/N-ethyl adjacent to an activating group) is 2. The van der Waals surface area contributed by atoms with E-state index in [9.17, 15) is 23.3 Å². The van der Waals surface area contributed by atoms with Crippen molar-refractivity contribution in [3.8, 4) is 0 Å². The Hall–Kier alpha value is -2.20. The highest BCUT2D eigenvalue weighted by Crippen LogP contribution is 2.32. The van der Waals surface area contributed by atoms with E-state index >= 15 is 0 Å². The van der Waals surface area contributed by atoms with Gasteiger partial charge in [0, 0.05) is 39.3 Å². The van der Waals surface area contributed by atoms with E-state index in [0.717, 1.165) is 25.3 Å². The van der Waals surface area contributed by atoms with Gasteiger partial charge in [-0.1, -0.05) is 6.42 Å². The van der Waals surface area contributed by atoms with E-state index in [1.165, 1.54) is 21.3 Å². The van der Waals surface area contributed by atoms with E-state index in [1.807, 2.05) is 13.8 Å². The molecule has 0 saturated carbocycles. The van der Waals surface area contributed by atoms with Gasteiger partial charge in [-0.05, 0) is 38.8 Å². The number of carbonyl (C=O) groups is 1. The highest BCUT2D eigenvalue weighted by atomic mass is 32.2. The summed E-state index contributed by atoms with van der Waals surface area (Å²) in [4.78, 5) is 26.3. The number of carbonyl (C=O) groups excluding carboxylic acids is 1. The lowest BCUT2D eigenvalue weighted by Crippen LogP contribution is -2.39. The van der Waals surface area contributed by atoms with Gasteiger partial charge in [0.05, 0.1) is 16.4 Å². The van der Waals surface area contributed by atoms with Gasteiger partial charge >= 0.3 is 0 Å². The van der Waals surface area contributed by atoms with Gasteiger partial charge < -0.3 is 9.80 Å². The zero-order valence-corrected chi connectivity index (χ0v) is 17.4. The maximum absolute atomic E-state index is 12.8. The summed E-state index contributed by atoms with van der Waals surface area (Å²) in [5.41, 5.74) is -0.115. The molecule has 10 heteroatoms. The smallest absolute Gasteiger partial charge is 0.293 e. The van der Waals surface area contributed by atoms with Gasteiger partial charge in [-0.3, -0.25) is 14.9 Å². The second-order valence-corrected chi connectivity index (χ2v) is 8.73. The number of sulfonamides is 1. The molecule has 0 radical (unpaired) electrons. The summed E-state index contributed by atoms with van der Waals surface area (Å²) in [7, 11) is -2.18. The molecule has 0 unspecified atom stereocenters. The first-order valence-corrected chi connectivity index (χ1v) is 10.9. The third-order valence-electron chi connectivity index (χ3n) is 5.00. The highest BCUT2D eigenvalue weighted by molar-refractivity contribution is 7.89. The average Bonchev–Trinajstić information content (AvgIpc) is 2.69. The molecule has 1 amide bonds. The number of piperidine rings is 1. The number of nitrogens with zero attached hydrogens (tertiary/aromatic N) is 4. The molecule has 0 N–H and O–H groups in total. The summed E-state index contributed by atoms with van der Waals surface area (Å²) < 4.78 is 27.0. The van der Waals surface area contributed by atoms with Crippen molar-refractivity contribution in [1.29, 1.82) is 0 Å². The lowest BCUT2D eigenvalue weighted by molar-refractivity contribution is -0.384. The molecule has 0 aromatic heterocycles. The normalized spacial score (nSPS) is 15.2. The van der Waals surface area contributed by atoms with Crippen LogP contribution in [-0.4, -0.2) is 68.2 Å². The molecule has 1 aliphatic heterocycles. The predicted octanol–water partition coefficient (Wildman–Crippen LogP) is 2.07. The van der Waals surface area contributed by atoms with E-state index in [4.69, 9.17) is 0 Å². The molecule has 9 nitrogen and oxygen atoms in total. The lowest BCUT2D eigenvalue weighted by atomic mass is 10.2. The summed E-state index contributed by atoms with van der Waals surface area (Å²) in [6.45, 7) is 5.66. The van der Waals surface area contributed by atoms with Crippen LogP contribution in [0, 0.1) is 10.1 Å². The van der Waals surface area contributed by atoms with Crippen molar-refractivity contribution in [2.24, 2.45) is 0 Å². The lowest BCUT2D eigenvalue weighted by Gasteiger charge is -2.26. The Bertz CT molecular complexity index is 817. The standard InChI is InChI=1S/C18H28N4O5S/c1-4-20(5-2)18(23)14-19(3)16-10-9-15(13-17(16)22(24)25)28(26,27)21-11-7-6-8-12-21/h9-10,13H,4-8,11-12,14H2,1-3H3. The molecule has 28 heavy (non-hydrogen) atoms. The number of amides is 1. The number of rotatable bonds is 8. The van der Waals surface area contributed by atoms with Crippen molar-refractivity contribution >= 4 is 27.3 Å². The number of nitro groups is 1. The van der Waals surface area contributed by atoms with Gasteiger partial charge in [-0.25, -0.2) is 8.42 Å². The van der Waals surface area contributed by atoms with Gasteiger partial charge in [-0.2, -0.15) is 4.31 Å². The summed E-state index contributed by atoms with van der Waals surface area (Å²) in [5, 5.41) is 11.6. The Morgan fingerprint density at radius 2 is 1.79 bits per heavy atom. The van der Waals surface area contributed by atoms with Crippen LogP contribution in [0.5, 0.6) is 0 Å². The molecule has 0 spiro atoms. The maximum Gasteiger partial charge on any atom is 0.293 e. The molecule has 0 bridgehead atoms. The van der Waals surface area contributed by atoms with Crippen LogP contribution in [-0.2, 0) is 14.8 Å². The largest absolute Gasteiger partial charge is 0.360 e. The minimum absolute atomic E-state index is 0.0270. The minimum Gasteiger partial charge on any atom is -0.360 e. The Labute approximate surface area is 166 Å². The third kappa shape index (κ3) is 4.79. The van der Waals surface area contributed by atoms with E-state index in [0.29, 0.717) is 26.2 Å². The van der Waals surface area contributed by atoms with Crippen LogP contribution in [0.25, 0.3) is 0 Å². The number of benzene rings is 1. The first-order valence-electron chi connectivity index (χ1n) is 9.49. The zero-order valence-electron chi connectivity index (χ0n) is 16.6. The number of hydrogen-bond acceptors (Lipinski definition) is 6. The molecule has 1 saturated heterocycles. The average molecular weight is 413 g/mol. The van der Waals surface area contributed by atoms with Gasteiger partial charge in [0.25, 0.3) is 5.69 Å². The second-order valence-electron chi connectivity index (χ2n) is 6.79. The van der Waals surface area contributed by atoms with Crippen molar-refractivity contribution in [2.45, 2.75) is 38.0 Å². The third-order valence-corrected chi connectivity index (χ3v) is 6.89. The summed E-state index contributed by atoms with van der Waals surface area (Å²) in [6, 6.07) is 3.88. The van der Waals surface area contributed by atoms with Crippen LogP contribution >= 0.6 is 0 Å².